The first-order chi connectivity index (χ1) is 11.6. The van der Waals surface area contributed by atoms with Crippen LogP contribution in [0.15, 0.2) is 24.3 Å². The zero-order chi connectivity index (χ0) is 19.0. The largest absolute Gasteiger partial charge is 0.480 e. The summed E-state index contributed by atoms with van der Waals surface area (Å²) in [5.74, 6) is -0.813. The lowest BCUT2D eigenvalue weighted by Gasteiger charge is -2.21. The van der Waals surface area contributed by atoms with Crippen molar-refractivity contribution in [3.05, 3.63) is 35.4 Å². The summed E-state index contributed by atoms with van der Waals surface area (Å²) in [6.07, 6.45) is 1.11. The van der Waals surface area contributed by atoms with Gasteiger partial charge in [-0.1, -0.05) is 38.1 Å². The maximum absolute atomic E-state index is 12.1. The Morgan fingerprint density at radius 1 is 1.16 bits per heavy atom. The third-order valence-corrected chi connectivity index (χ3v) is 3.86. The van der Waals surface area contributed by atoms with Crippen LogP contribution in [-0.4, -0.2) is 35.2 Å². The second kappa shape index (κ2) is 9.56. The lowest BCUT2D eigenvalue weighted by molar-refractivity contribution is -0.142. The molecule has 140 valence electrons. The fourth-order valence-corrected chi connectivity index (χ4v) is 2.33. The molecule has 0 saturated heterocycles. The zero-order valence-corrected chi connectivity index (χ0v) is 16.0. The molecule has 2 N–H and O–H groups in total. The molecule has 0 spiro atoms. The summed E-state index contributed by atoms with van der Waals surface area (Å²) in [5.41, 5.74) is 2.01. The first-order valence-corrected chi connectivity index (χ1v) is 8.83. The van der Waals surface area contributed by atoms with Crippen molar-refractivity contribution >= 4 is 11.9 Å². The smallest absolute Gasteiger partial charge is 0.326 e. The van der Waals surface area contributed by atoms with Crippen molar-refractivity contribution in [1.29, 1.82) is 0 Å². The van der Waals surface area contributed by atoms with Crippen molar-refractivity contribution < 1.29 is 19.4 Å². The van der Waals surface area contributed by atoms with Crippen LogP contribution in [0.3, 0.4) is 0 Å². The van der Waals surface area contributed by atoms with Crippen LogP contribution in [0.1, 0.15) is 64.5 Å². The van der Waals surface area contributed by atoms with E-state index >= 15 is 0 Å². The topological polar surface area (TPSA) is 75.6 Å². The summed E-state index contributed by atoms with van der Waals surface area (Å²) in [6.45, 7) is 10.3. The fraction of sp³-hybridized carbons (Fsp3) is 0.600. The molecule has 1 aromatic rings. The Morgan fingerprint density at radius 3 is 2.24 bits per heavy atom. The Bertz CT molecular complexity index is 558. The number of rotatable bonds is 9. The minimum atomic E-state index is -1.04. The van der Waals surface area contributed by atoms with Crippen LogP contribution in [-0.2, 0) is 20.7 Å². The van der Waals surface area contributed by atoms with E-state index in [1.54, 1.807) is 0 Å². The van der Waals surface area contributed by atoms with E-state index in [1.165, 1.54) is 5.56 Å². The van der Waals surface area contributed by atoms with Crippen molar-refractivity contribution in [2.24, 2.45) is 0 Å². The summed E-state index contributed by atoms with van der Waals surface area (Å²) in [7, 11) is 0. The molecule has 1 atom stereocenters. The Morgan fingerprint density at radius 2 is 1.76 bits per heavy atom. The van der Waals surface area contributed by atoms with E-state index in [1.807, 2.05) is 32.9 Å². The van der Waals surface area contributed by atoms with Gasteiger partial charge in [0.05, 0.1) is 5.60 Å². The Kier molecular flexibility index (Phi) is 8.10. The number of ether oxygens (including phenoxy) is 1. The number of aryl methyl sites for hydroxylation is 1. The standard InChI is InChI=1S/C20H31NO4/c1-14(2)16-9-6-15(7-10-16)8-11-18(22)21-17(19(23)24)12-13-25-20(3,4)5/h6-7,9-10,14,17H,8,11-13H2,1-5H3,(H,21,22)(H,23,24). The van der Waals surface area contributed by atoms with Crippen molar-refractivity contribution in [2.75, 3.05) is 6.61 Å². The van der Waals surface area contributed by atoms with E-state index < -0.39 is 12.0 Å². The quantitative estimate of drug-likeness (QED) is 0.715. The number of hydrogen-bond donors (Lipinski definition) is 2. The van der Waals surface area contributed by atoms with E-state index in [-0.39, 0.29) is 31.0 Å². The highest BCUT2D eigenvalue weighted by molar-refractivity contribution is 5.83. The Labute approximate surface area is 150 Å². The zero-order valence-electron chi connectivity index (χ0n) is 16.0. The Balaban J connectivity index is 2.45. The van der Waals surface area contributed by atoms with E-state index in [4.69, 9.17) is 4.74 Å². The molecule has 0 fully saturated rings. The molecule has 25 heavy (non-hydrogen) atoms. The lowest BCUT2D eigenvalue weighted by atomic mass is 10.0. The van der Waals surface area contributed by atoms with Crippen LogP contribution in [0.4, 0.5) is 0 Å². The van der Waals surface area contributed by atoms with Gasteiger partial charge in [0.15, 0.2) is 0 Å². The molecule has 1 unspecified atom stereocenters. The number of nitrogens with one attached hydrogen (secondary N) is 1. The van der Waals surface area contributed by atoms with Gasteiger partial charge in [-0.05, 0) is 44.2 Å². The molecule has 0 saturated carbocycles. The minimum Gasteiger partial charge on any atom is -0.480 e. The normalized spacial score (nSPS) is 12.9. The molecule has 0 radical (unpaired) electrons. The Hall–Kier alpha value is -1.88. The second-order valence-electron chi connectivity index (χ2n) is 7.60. The van der Waals surface area contributed by atoms with Gasteiger partial charge in [0.1, 0.15) is 6.04 Å². The van der Waals surface area contributed by atoms with Crippen LogP contribution in [0.25, 0.3) is 0 Å². The molecule has 5 heteroatoms. The van der Waals surface area contributed by atoms with Gasteiger partial charge in [0, 0.05) is 19.4 Å². The van der Waals surface area contributed by atoms with Crippen molar-refractivity contribution in [3.8, 4) is 0 Å². The summed E-state index contributed by atoms with van der Waals surface area (Å²) >= 11 is 0. The third-order valence-electron chi connectivity index (χ3n) is 3.86. The number of carbonyl (C=O) groups excluding carboxylic acids is 1. The number of carbonyl (C=O) groups is 2. The molecule has 1 aromatic carbocycles. The highest BCUT2D eigenvalue weighted by Gasteiger charge is 2.21. The summed E-state index contributed by atoms with van der Waals surface area (Å²) in [4.78, 5) is 23.3. The van der Waals surface area contributed by atoms with E-state index in [2.05, 4.69) is 31.3 Å². The molecular weight excluding hydrogens is 318 g/mol. The van der Waals surface area contributed by atoms with Gasteiger partial charge in [-0.15, -0.1) is 0 Å². The molecular formula is C20H31NO4. The van der Waals surface area contributed by atoms with Crippen molar-refractivity contribution in [1.82, 2.24) is 5.32 Å². The average Bonchev–Trinajstić information content (AvgIpc) is 2.51. The van der Waals surface area contributed by atoms with E-state index in [0.29, 0.717) is 12.3 Å². The number of aliphatic carboxylic acids is 1. The van der Waals surface area contributed by atoms with Gasteiger partial charge in [-0.3, -0.25) is 4.79 Å². The number of carboxylic acid groups (broad SMARTS) is 1. The van der Waals surface area contributed by atoms with E-state index in [9.17, 15) is 14.7 Å². The van der Waals surface area contributed by atoms with Crippen LogP contribution in [0, 0.1) is 0 Å². The van der Waals surface area contributed by atoms with Gasteiger partial charge in [-0.25, -0.2) is 4.79 Å². The molecule has 0 aliphatic carbocycles. The number of carboxylic acids is 1. The van der Waals surface area contributed by atoms with Gasteiger partial charge in [-0.2, -0.15) is 0 Å². The molecule has 0 aliphatic rings. The van der Waals surface area contributed by atoms with Crippen LogP contribution in [0.2, 0.25) is 0 Å². The molecule has 0 aromatic heterocycles. The molecule has 1 amide bonds. The van der Waals surface area contributed by atoms with Crippen LogP contribution >= 0.6 is 0 Å². The summed E-state index contributed by atoms with van der Waals surface area (Å²) in [6, 6.07) is 7.27. The monoisotopic (exact) mass is 349 g/mol. The molecule has 5 nitrogen and oxygen atoms in total. The molecule has 0 bridgehead atoms. The average molecular weight is 349 g/mol. The first-order valence-electron chi connectivity index (χ1n) is 8.83. The summed E-state index contributed by atoms with van der Waals surface area (Å²) < 4.78 is 5.54. The second-order valence-corrected chi connectivity index (χ2v) is 7.60. The lowest BCUT2D eigenvalue weighted by Crippen LogP contribution is -2.42. The van der Waals surface area contributed by atoms with Gasteiger partial charge >= 0.3 is 5.97 Å². The predicted molar refractivity (Wildman–Crippen MR) is 98.7 cm³/mol. The fourth-order valence-electron chi connectivity index (χ4n) is 2.33. The van der Waals surface area contributed by atoms with E-state index in [0.717, 1.165) is 5.56 Å². The molecule has 0 heterocycles. The van der Waals surface area contributed by atoms with Crippen molar-refractivity contribution in [3.63, 3.8) is 0 Å². The molecule has 1 rings (SSSR count). The van der Waals surface area contributed by atoms with Crippen LogP contribution < -0.4 is 5.32 Å². The number of benzene rings is 1. The maximum atomic E-state index is 12.1. The highest BCUT2D eigenvalue weighted by Crippen LogP contribution is 2.15. The van der Waals surface area contributed by atoms with Gasteiger partial charge in [0.25, 0.3) is 0 Å². The van der Waals surface area contributed by atoms with Gasteiger partial charge in [0.2, 0.25) is 5.91 Å². The third kappa shape index (κ3) is 8.68. The van der Waals surface area contributed by atoms with Crippen molar-refractivity contribution in [2.45, 2.75) is 71.4 Å². The maximum Gasteiger partial charge on any atom is 0.326 e. The number of hydrogen-bond acceptors (Lipinski definition) is 3. The minimum absolute atomic E-state index is 0.251. The SMILES string of the molecule is CC(C)c1ccc(CCC(=O)NC(CCOC(C)(C)C)C(=O)O)cc1. The summed E-state index contributed by atoms with van der Waals surface area (Å²) in [5, 5.41) is 11.8. The highest BCUT2D eigenvalue weighted by atomic mass is 16.5. The predicted octanol–water partition coefficient (Wildman–Crippen LogP) is 3.52. The number of amides is 1. The molecule has 0 aliphatic heterocycles. The van der Waals surface area contributed by atoms with Crippen LogP contribution in [0.5, 0.6) is 0 Å². The first kappa shape index (κ1) is 21.2. The van der Waals surface area contributed by atoms with Gasteiger partial charge < -0.3 is 15.2 Å².